The van der Waals surface area contributed by atoms with Crippen LogP contribution in [0.4, 0.5) is 26.3 Å². The van der Waals surface area contributed by atoms with Crippen LogP contribution in [-0.4, -0.2) is 57.8 Å². The van der Waals surface area contributed by atoms with Gasteiger partial charge in [0.05, 0.1) is 19.6 Å². The van der Waals surface area contributed by atoms with Crippen molar-refractivity contribution in [3.63, 3.8) is 0 Å². The summed E-state index contributed by atoms with van der Waals surface area (Å²) < 4.78 is 192. The van der Waals surface area contributed by atoms with Crippen LogP contribution in [0.1, 0.15) is 33.1 Å². The number of hydrogen-bond donors (Lipinski definition) is 6. The molecule has 0 saturated carbocycles. The van der Waals surface area contributed by atoms with E-state index in [-0.39, 0.29) is 24.5 Å². The minimum atomic E-state index is -4.46. The molecule has 0 aliphatic carbocycles. The van der Waals surface area contributed by atoms with Gasteiger partial charge in [-0.05, 0) is 109 Å². The van der Waals surface area contributed by atoms with Crippen LogP contribution < -0.4 is 0 Å². The smallest absolute Gasteiger partial charge is 0.282 e. The van der Waals surface area contributed by atoms with Crippen LogP contribution >= 0.6 is 40.3 Å². The molecule has 0 unspecified atom stereocenters. The quantitative estimate of drug-likeness (QED) is 0.0197. The first-order valence-corrected chi connectivity index (χ1v) is 26.0. The SMILES string of the molecule is CCCCC.Fc1ccc(S)c(F)c1.O=S(=O)(O)c1ccc(Br)cc1.O=S(=O)(O)c1ccc(S(=O)(=O)c2ccc(F)cc2F)cc1.O=S(=O)(O)c1ccc(Sc2ccc(F)cc2F)cc1.OO. The lowest BCUT2D eigenvalue weighted by Crippen LogP contribution is -2.06. The van der Waals surface area contributed by atoms with Crippen molar-refractivity contribution in [3.05, 3.63) is 167 Å². The van der Waals surface area contributed by atoms with E-state index in [1.807, 2.05) is 0 Å². The summed E-state index contributed by atoms with van der Waals surface area (Å²) in [6, 6.07) is 23.0. The summed E-state index contributed by atoms with van der Waals surface area (Å²) in [5.41, 5.74) is 0. The topological polar surface area (TPSA) is 238 Å². The standard InChI is InChI=1S/C12H8F2O5S2.C12H8F2O3S2.C6H5BrO3S.C6H4F2S.C5H12.H2O2/c13-8-1-6-12(11(14)7-8)20(15,16)9-2-4-10(5-3-9)21(17,18)19;13-8-1-6-12(11(14)7-8)18-9-2-4-10(5-3-9)19(15,16)17;7-5-1-3-6(4-2-5)11(8,9)10;7-4-1-2-6(9)5(8)3-4;1-3-5-4-2;1-2/h1-7H,(H,17,18,19);1-7H,(H,15,16,17);1-4H,(H,8,9,10);1-3,9H;3-5H2,1-2H3;1-2H. The summed E-state index contributed by atoms with van der Waals surface area (Å²) >= 11 is 7.86. The van der Waals surface area contributed by atoms with Crippen molar-refractivity contribution >= 4 is 80.5 Å². The maximum absolute atomic E-state index is 13.5. The molecule has 13 nitrogen and oxygen atoms in total. The van der Waals surface area contributed by atoms with E-state index in [1.54, 1.807) is 12.1 Å². The van der Waals surface area contributed by atoms with Gasteiger partial charge in [0.25, 0.3) is 30.4 Å². The van der Waals surface area contributed by atoms with E-state index >= 15 is 0 Å². The molecule has 5 N–H and O–H groups in total. The predicted octanol–water partition coefficient (Wildman–Crippen LogP) is 11.6. The molecule has 6 rings (SSSR count). The van der Waals surface area contributed by atoms with Gasteiger partial charge in [0.15, 0.2) is 0 Å². The zero-order chi connectivity index (χ0) is 51.3. The first-order valence-electron chi connectivity index (χ1n) is 18.1. The lowest BCUT2D eigenvalue weighted by molar-refractivity contribution is -0.176. The molecule has 0 fully saturated rings. The highest BCUT2D eigenvalue weighted by atomic mass is 79.9. The van der Waals surface area contributed by atoms with Crippen LogP contribution in [0.3, 0.4) is 0 Å². The summed E-state index contributed by atoms with van der Waals surface area (Å²) in [6.07, 6.45) is 4.08. The lowest BCUT2D eigenvalue weighted by atomic mass is 10.3. The monoisotopic (exact) mass is 1120 g/mol. The third-order valence-electron chi connectivity index (χ3n) is 7.59. The first kappa shape index (κ1) is 60.7. The van der Waals surface area contributed by atoms with Crippen LogP contribution in [0.5, 0.6) is 0 Å². The second-order valence-corrected chi connectivity index (χ2v) is 21.2. The molecule has 0 bridgehead atoms. The van der Waals surface area contributed by atoms with E-state index < -0.39 is 84.9 Å². The fourth-order valence-corrected chi connectivity index (χ4v) is 8.39. The number of unbranched alkanes of at least 4 members (excludes halogenated alkanes) is 2. The van der Waals surface area contributed by atoms with Gasteiger partial charge in [-0.1, -0.05) is 60.8 Å². The van der Waals surface area contributed by atoms with E-state index in [1.165, 1.54) is 67.8 Å². The Hall–Kier alpha value is -4.32. The summed E-state index contributed by atoms with van der Waals surface area (Å²) in [4.78, 5) is -1.00. The summed E-state index contributed by atoms with van der Waals surface area (Å²) in [6.45, 7) is 4.42. The maximum atomic E-state index is 13.5. The van der Waals surface area contributed by atoms with Gasteiger partial charge >= 0.3 is 0 Å². The number of thiol groups is 1. The molecule has 6 aromatic rings. The van der Waals surface area contributed by atoms with Crippen LogP contribution in [0.15, 0.2) is 171 Å². The van der Waals surface area contributed by atoms with Crippen LogP contribution in [0.2, 0.25) is 0 Å². The van der Waals surface area contributed by atoms with Crippen molar-refractivity contribution < 1.29 is 84.2 Å². The molecular formula is C41H39BrF6O13S6. The fourth-order valence-electron chi connectivity index (χ4n) is 4.42. The molecule has 366 valence electrons. The lowest BCUT2D eigenvalue weighted by Gasteiger charge is -2.06. The Morgan fingerprint density at radius 1 is 0.493 bits per heavy atom. The predicted molar refractivity (Wildman–Crippen MR) is 243 cm³/mol. The van der Waals surface area contributed by atoms with E-state index in [0.717, 1.165) is 76.9 Å². The van der Waals surface area contributed by atoms with E-state index in [0.29, 0.717) is 11.0 Å². The Balaban J connectivity index is 0.000000444. The van der Waals surface area contributed by atoms with Gasteiger partial charge in [-0.15, -0.1) is 12.6 Å². The fraction of sp³-hybridized carbons (Fsp3) is 0.122. The second-order valence-electron chi connectivity index (χ2n) is 12.5. The van der Waals surface area contributed by atoms with E-state index in [2.05, 4.69) is 42.4 Å². The van der Waals surface area contributed by atoms with Gasteiger partial charge in [0, 0.05) is 37.4 Å². The van der Waals surface area contributed by atoms with Crippen LogP contribution in [0, 0.1) is 34.9 Å². The minimum Gasteiger partial charge on any atom is -0.282 e. The van der Waals surface area contributed by atoms with Crippen molar-refractivity contribution in [1.29, 1.82) is 0 Å². The molecule has 0 aliphatic heterocycles. The highest BCUT2D eigenvalue weighted by Crippen LogP contribution is 2.31. The maximum Gasteiger partial charge on any atom is 0.294 e. The number of sulfone groups is 1. The van der Waals surface area contributed by atoms with Crippen LogP contribution in [0.25, 0.3) is 0 Å². The average Bonchev–Trinajstić information content (AvgIpc) is 3.24. The molecule has 0 saturated heterocycles. The Morgan fingerprint density at radius 3 is 1.21 bits per heavy atom. The zero-order valence-corrected chi connectivity index (χ0v) is 40.9. The van der Waals surface area contributed by atoms with Gasteiger partial charge in [-0.2, -0.15) is 25.3 Å². The Bertz CT molecular complexity index is 2970. The number of rotatable bonds is 9. The van der Waals surface area contributed by atoms with Gasteiger partial charge in [-0.25, -0.2) is 34.8 Å². The molecule has 67 heavy (non-hydrogen) atoms. The van der Waals surface area contributed by atoms with Gasteiger partial charge < -0.3 is 0 Å². The highest BCUT2D eigenvalue weighted by molar-refractivity contribution is 9.10. The minimum absolute atomic E-state index is 0.0966. The van der Waals surface area contributed by atoms with Crippen molar-refractivity contribution in [1.82, 2.24) is 0 Å². The molecule has 0 aromatic heterocycles. The second kappa shape index (κ2) is 28.2. The molecule has 0 atom stereocenters. The Morgan fingerprint density at radius 2 is 0.851 bits per heavy atom. The van der Waals surface area contributed by atoms with Gasteiger partial charge in [0.1, 0.15) is 39.8 Å². The molecule has 0 aliphatic rings. The van der Waals surface area contributed by atoms with Crippen molar-refractivity contribution in [3.8, 4) is 0 Å². The summed E-state index contributed by atoms with van der Waals surface area (Å²) in [7, 11) is -17.0. The van der Waals surface area contributed by atoms with Crippen molar-refractivity contribution in [2.24, 2.45) is 0 Å². The third kappa shape index (κ3) is 21.7. The largest absolute Gasteiger partial charge is 0.294 e. The Kier molecular flexibility index (Phi) is 25.6. The average molecular weight is 1130 g/mol. The summed E-state index contributed by atoms with van der Waals surface area (Å²) in [5, 5.41) is 12.0. The van der Waals surface area contributed by atoms with Crippen molar-refractivity contribution in [2.45, 2.75) is 72.3 Å². The zero-order valence-electron chi connectivity index (χ0n) is 34.4. The highest BCUT2D eigenvalue weighted by Gasteiger charge is 2.23. The summed E-state index contributed by atoms with van der Waals surface area (Å²) in [5.74, 6) is -4.74. The Labute approximate surface area is 401 Å². The molecule has 0 amide bonds. The number of hydrogen-bond acceptors (Lipinski definition) is 12. The first-order chi connectivity index (χ1) is 31.1. The third-order valence-corrected chi connectivity index (χ3v) is 13.9. The molecular weight excluding hydrogens is 1090 g/mol. The molecule has 0 spiro atoms. The van der Waals surface area contributed by atoms with Crippen LogP contribution in [-0.2, 0) is 40.2 Å². The molecule has 0 heterocycles. The normalized spacial score (nSPS) is 11.0. The van der Waals surface area contributed by atoms with E-state index in [4.69, 9.17) is 24.2 Å². The van der Waals surface area contributed by atoms with E-state index in [9.17, 15) is 60.0 Å². The van der Waals surface area contributed by atoms with Gasteiger partial charge in [0.2, 0.25) is 9.84 Å². The number of halogens is 7. The number of benzene rings is 6. The van der Waals surface area contributed by atoms with Crippen molar-refractivity contribution in [2.75, 3.05) is 0 Å². The van der Waals surface area contributed by atoms with Gasteiger partial charge in [-0.3, -0.25) is 24.2 Å². The molecule has 0 radical (unpaired) electrons. The molecule has 6 aromatic carbocycles. The molecule has 26 heteroatoms.